The molecule has 0 spiro atoms. The molecule has 2 aliphatic carbocycles. The maximum Gasteiger partial charge on any atom is 0.234 e. The first kappa shape index (κ1) is 18.4. The summed E-state index contributed by atoms with van der Waals surface area (Å²) >= 11 is 2.75. The molecule has 1 aromatic heterocycles. The lowest BCUT2D eigenvalue weighted by Crippen LogP contribution is -2.16. The number of para-hydroxylation sites is 1. The maximum atomic E-state index is 12.4. The molecule has 1 heterocycles. The number of nitrogens with two attached hydrogens (primary N) is 1. The minimum atomic E-state index is -0.387. The van der Waals surface area contributed by atoms with Crippen molar-refractivity contribution in [1.82, 2.24) is 14.8 Å². The second kappa shape index (κ2) is 7.93. The average molecular weight is 404 g/mol. The van der Waals surface area contributed by atoms with Gasteiger partial charge < -0.3 is 15.6 Å². The molecule has 3 N–H and O–H groups in total. The van der Waals surface area contributed by atoms with Gasteiger partial charge in [-0.15, -0.1) is 22.0 Å². The number of carbonyl (C=O) groups excluding carboxylic acids is 2. The van der Waals surface area contributed by atoms with Crippen molar-refractivity contribution in [3.63, 3.8) is 0 Å². The Morgan fingerprint density at radius 3 is 2.59 bits per heavy atom. The standard InChI is InChI=1S/C18H21N5O2S2/c19-15(24)9-26-14-4-2-1-3-13(14)20-16(25)10-27-18-22-21-17(11-5-6-11)23(18)12-7-8-12/h1-4,11-12H,5-10H2,(H2,19,24)(H,20,25). The van der Waals surface area contributed by atoms with E-state index >= 15 is 0 Å². The summed E-state index contributed by atoms with van der Waals surface area (Å²) in [5.41, 5.74) is 5.90. The Labute approximate surface area is 165 Å². The number of primary amides is 1. The van der Waals surface area contributed by atoms with Crippen LogP contribution < -0.4 is 11.1 Å². The molecule has 0 saturated heterocycles. The van der Waals surface area contributed by atoms with Crippen molar-refractivity contribution in [3.8, 4) is 0 Å². The number of rotatable bonds is 9. The van der Waals surface area contributed by atoms with Crippen LogP contribution in [-0.2, 0) is 9.59 Å². The first-order valence-corrected chi connectivity index (χ1v) is 11.0. The molecule has 0 bridgehead atoms. The Hall–Kier alpha value is -2.00. The van der Waals surface area contributed by atoms with Crippen LogP contribution in [0.2, 0.25) is 0 Å². The van der Waals surface area contributed by atoms with Crippen molar-refractivity contribution in [3.05, 3.63) is 30.1 Å². The van der Waals surface area contributed by atoms with Crippen molar-refractivity contribution in [2.24, 2.45) is 5.73 Å². The number of thioether (sulfide) groups is 2. The third kappa shape index (κ3) is 4.65. The molecule has 9 heteroatoms. The second-order valence-electron chi connectivity index (χ2n) is 6.80. The first-order chi connectivity index (χ1) is 13.1. The van der Waals surface area contributed by atoms with E-state index < -0.39 is 0 Å². The van der Waals surface area contributed by atoms with Gasteiger partial charge in [-0.25, -0.2) is 0 Å². The van der Waals surface area contributed by atoms with E-state index in [9.17, 15) is 9.59 Å². The molecule has 4 rings (SSSR count). The predicted molar refractivity (Wildman–Crippen MR) is 106 cm³/mol. The average Bonchev–Trinajstić information content (AvgIpc) is 3.58. The lowest BCUT2D eigenvalue weighted by Gasteiger charge is -2.11. The fraction of sp³-hybridized carbons (Fsp3) is 0.444. The van der Waals surface area contributed by atoms with Crippen molar-refractivity contribution in [1.29, 1.82) is 0 Å². The summed E-state index contributed by atoms with van der Waals surface area (Å²) in [5, 5.41) is 12.5. The van der Waals surface area contributed by atoms with Crippen molar-refractivity contribution in [2.45, 2.75) is 47.7 Å². The van der Waals surface area contributed by atoms with Gasteiger partial charge in [-0.1, -0.05) is 23.9 Å². The number of hydrogen-bond acceptors (Lipinski definition) is 6. The summed E-state index contributed by atoms with van der Waals surface area (Å²) in [7, 11) is 0. The molecule has 7 nitrogen and oxygen atoms in total. The van der Waals surface area contributed by atoms with E-state index in [1.807, 2.05) is 24.3 Å². The molecule has 0 aliphatic heterocycles. The van der Waals surface area contributed by atoms with Crippen LogP contribution in [0.1, 0.15) is 43.5 Å². The van der Waals surface area contributed by atoms with Gasteiger partial charge in [0.25, 0.3) is 0 Å². The van der Waals surface area contributed by atoms with Crippen LogP contribution in [0.25, 0.3) is 0 Å². The predicted octanol–water partition coefficient (Wildman–Crippen LogP) is 2.80. The molecule has 0 unspecified atom stereocenters. The molecule has 2 amide bonds. The molecule has 1 aromatic carbocycles. The van der Waals surface area contributed by atoms with Gasteiger partial charge in [-0.2, -0.15) is 0 Å². The van der Waals surface area contributed by atoms with E-state index in [0.717, 1.165) is 15.9 Å². The molecular formula is C18H21N5O2S2. The zero-order valence-electron chi connectivity index (χ0n) is 14.8. The number of hydrogen-bond donors (Lipinski definition) is 2. The molecule has 142 valence electrons. The van der Waals surface area contributed by atoms with Gasteiger partial charge >= 0.3 is 0 Å². The summed E-state index contributed by atoms with van der Waals surface area (Å²) in [4.78, 5) is 24.3. The van der Waals surface area contributed by atoms with Crippen molar-refractivity contribution < 1.29 is 9.59 Å². The summed E-state index contributed by atoms with van der Waals surface area (Å²) in [6, 6.07) is 7.91. The van der Waals surface area contributed by atoms with E-state index in [0.29, 0.717) is 17.6 Å². The largest absolute Gasteiger partial charge is 0.369 e. The number of aromatic nitrogens is 3. The normalized spacial score (nSPS) is 16.3. The summed E-state index contributed by atoms with van der Waals surface area (Å²) in [6.07, 6.45) is 4.72. The van der Waals surface area contributed by atoms with Gasteiger partial charge in [-0.3, -0.25) is 9.59 Å². The monoisotopic (exact) mass is 403 g/mol. The Morgan fingerprint density at radius 2 is 1.89 bits per heavy atom. The van der Waals surface area contributed by atoms with Gasteiger partial charge in [0.2, 0.25) is 11.8 Å². The molecule has 27 heavy (non-hydrogen) atoms. The van der Waals surface area contributed by atoms with E-state index in [-0.39, 0.29) is 23.3 Å². The Bertz CT molecular complexity index is 861. The Kier molecular flexibility index (Phi) is 5.40. The van der Waals surface area contributed by atoms with Crippen LogP contribution in [0.4, 0.5) is 5.69 Å². The molecule has 2 saturated carbocycles. The van der Waals surface area contributed by atoms with Crippen LogP contribution in [0.3, 0.4) is 0 Å². The van der Waals surface area contributed by atoms with Crippen LogP contribution in [0.15, 0.2) is 34.3 Å². The van der Waals surface area contributed by atoms with Gasteiger partial charge in [0.15, 0.2) is 5.16 Å². The highest BCUT2D eigenvalue weighted by Gasteiger charge is 2.36. The molecule has 2 fully saturated rings. The van der Waals surface area contributed by atoms with Gasteiger partial charge in [0.05, 0.1) is 17.2 Å². The van der Waals surface area contributed by atoms with Crippen LogP contribution >= 0.6 is 23.5 Å². The highest BCUT2D eigenvalue weighted by atomic mass is 32.2. The third-order valence-electron chi connectivity index (χ3n) is 4.41. The number of anilines is 1. The van der Waals surface area contributed by atoms with E-state index in [4.69, 9.17) is 5.73 Å². The second-order valence-corrected chi connectivity index (χ2v) is 8.76. The van der Waals surface area contributed by atoms with Crippen LogP contribution in [0, 0.1) is 0 Å². The van der Waals surface area contributed by atoms with E-state index in [1.165, 1.54) is 49.2 Å². The molecule has 0 radical (unpaired) electrons. The Morgan fingerprint density at radius 1 is 1.11 bits per heavy atom. The molecule has 0 atom stereocenters. The van der Waals surface area contributed by atoms with Gasteiger partial charge in [0.1, 0.15) is 5.82 Å². The highest BCUT2D eigenvalue weighted by Crippen LogP contribution is 2.46. The topological polar surface area (TPSA) is 103 Å². The minimum Gasteiger partial charge on any atom is -0.369 e. The number of nitrogens with zero attached hydrogens (tertiary/aromatic N) is 3. The minimum absolute atomic E-state index is 0.106. The highest BCUT2D eigenvalue weighted by molar-refractivity contribution is 8.00. The first-order valence-electron chi connectivity index (χ1n) is 8.99. The smallest absolute Gasteiger partial charge is 0.234 e. The molecular weight excluding hydrogens is 382 g/mol. The summed E-state index contributed by atoms with van der Waals surface area (Å²) in [6.45, 7) is 0. The maximum absolute atomic E-state index is 12.4. The quantitative estimate of drug-likeness (QED) is 0.624. The van der Waals surface area contributed by atoms with Crippen LogP contribution in [-0.4, -0.2) is 38.1 Å². The third-order valence-corrected chi connectivity index (χ3v) is 6.45. The van der Waals surface area contributed by atoms with Gasteiger partial charge in [-0.05, 0) is 37.8 Å². The van der Waals surface area contributed by atoms with E-state index in [2.05, 4.69) is 20.1 Å². The fourth-order valence-corrected chi connectivity index (χ4v) is 4.40. The zero-order chi connectivity index (χ0) is 18.8. The lowest BCUT2D eigenvalue weighted by atomic mass is 10.3. The van der Waals surface area contributed by atoms with Crippen molar-refractivity contribution in [2.75, 3.05) is 16.8 Å². The number of benzene rings is 1. The zero-order valence-corrected chi connectivity index (χ0v) is 16.4. The number of nitrogens with one attached hydrogen (secondary N) is 1. The number of carbonyl (C=O) groups is 2. The fourth-order valence-electron chi connectivity index (χ4n) is 2.84. The summed E-state index contributed by atoms with van der Waals surface area (Å²) in [5.74, 6) is 1.59. The van der Waals surface area contributed by atoms with Gasteiger partial charge in [0, 0.05) is 16.9 Å². The Balaban J connectivity index is 1.37. The number of amides is 2. The lowest BCUT2D eigenvalue weighted by molar-refractivity contribution is -0.115. The molecule has 2 aliphatic rings. The van der Waals surface area contributed by atoms with Crippen molar-refractivity contribution >= 4 is 41.0 Å². The molecule has 2 aromatic rings. The van der Waals surface area contributed by atoms with E-state index in [1.54, 1.807) is 0 Å². The van der Waals surface area contributed by atoms with Crippen LogP contribution in [0.5, 0.6) is 0 Å². The summed E-state index contributed by atoms with van der Waals surface area (Å²) < 4.78 is 2.24. The SMILES string of the molecule is NC(=O)CSc1ccccc1NC(=O)CSc1nnc(C2CC2)n1C1CC1.